The van der Waals surface area contributed by atoms with Gasteiger partial charge in [0.2, 0.25) is 11.8 Å². The van der Waals surface area contributed by atoms with Gasteiger partial charge in [0.1, 0.15) is 0 Å². The molecule has 202 valence electrons. The minimum absolute atomic E-state index is 0.0101. The van der Waals surface area contributed by atoms with E-state index in [1.807, 2.05) is 11.8 Å². The van der Waals surface area contributed by atoms with Crippen molar-refractivity contribution in [1.29, 1.82) is 0 Å². The van der Waals surface area contributed by atoms with Crippen molar-refractivity contribution in [2.24, 2.45) is 5.11 Å². The van der Waals surface area contributed by atoms with Crippen LogP contribution in [-0.4, -0.2) is 67.2 Å². The average Bonchev–Trinajstić information content (AvgIpc) is 3.45. The fourth-order valence-electron chi connectivity index (χ4n) is 4.30. The molecular weight excluding hydrogens is 508 g/mol. The fraction of sp³-hybridized carbons (Fsp3) is 0.520. The van der Waals surface area contributed by atoms with Crippen molar-refractivity contribution in [1.82, 2.24) is 21.3 Å². The molecule has 0 unspecified atom stereocenters. The van der Waals surface area contributed by atoms with Gasteiger partial charge in [-0.25, -0.2) is 9.64 Å². The summed E-state index contributed by atoms with van der Waals surface area (Å²) in [6, 6.07) is 5.15. The number of unbranched alkanes of at least 4 members (excludes halogenated alkanes) is 1. The van der Waals surface area contributed by atoms with Gasteiger partial charge in [0, 0.05) is 47.2 Å². The van der Waals surface area contributed by atoms with E-state index in [1.54, 1.807) is 25.1 Å². The van der Waals surface area contributed by atoms with Gasteiger partial charge in [-0.15, -0.1) is 0 Å². The van der Waals surface area contributed by atoms with E-state index in [4.69, 9.17) is 16.8 Å². The van der Waals surface area contributed by atoms with Crippen LogP contribution < -0.4 is 21.3 Å². The van der Waals surface area contributed by atoms with Gasteiger partial charge in [-0.05, 0) is 42.5 Å². The molecule has 2 fully saturated rings. The van der Waals surface area contributed by atoms with E-state index < -0.39 is 0 Å². The molecule has 0 spiro atoms. The SMILES string of the molecule is [C-]#[N+]c1cc(/C(C)=C/C(=O)NCCOCCNC(=O)CCCC[C@@H]2SC[C@@H]3NC(=O)N[C@@H]32)ccc1N=[N+]=[N-]. The topological polar surface area (TPSA) is 162 Å². The van der Waals surface area contributed by atoms with Crippen molar-refractivity contribution in [2.75, 3.05) is 32.1 Å². The van der Waals surface area contributed by atoms with Crippen molar-refractivity contribution in [3.05, 3.63) is 51.7 Å². The lowest BCUT2D eigenvalue weighted by molar-refractivity contribution is -0.121. The fourth-order valence-corrected chi connectivity index (χ4v) is 5.84. The lowest BCUT2D eigenvalue weighted by Crippen LogP contribution is -2.36. The molecule has 1 aromatic rings. The van der Waals surface area contributed by atoms with E-state index in [-0.39, 0.29) is 41.3 Å². The second-order valence-corrected chi connectivity index (χ2v) is 10.2. The number of carbonyl (C=O) groups excluding carboxylic acids is 3. The number of fused-ring (bicyclic) bond motifs is 1. The molecule has 4 amide bonds. The van der Waals surface area contributed by atoms with Crippen LogP contribution in [0.2, 0.25) is 0 Å². The molecule has 2 saturated heterocycles. The second-order valence-electron chi connectivity index (χ2n) is 8.95. The van der Waals surface area contributed by atoms with Crippen molar-refractivity contribution >= 4 is 46.6 Å². The number of hydrogen-bond donors (Lipinski definition) is 4. The molecule has 38 heavy (non-hydrogen) atoms. The summed E-state index contributed by atoms with van der Waals surface area (Å²) in [6.45, 7) is 10.3. The third-order valence-corrected chi connectivity index (χ3v) is 7.75. The third kappa shape index (κ3) is 8.69. The highest BCUT2D eigenvalue weighted by Crippen LogP contribution is 2.33. The van der Waals surface area contributed by atoms with Gasteiger partial charge < -0.3 is 26.0 Å². The van der Waals surface area contributed by atoms with Gasteiger partial charge in [-0.3, -0.25) is 9.59 Å². The number of benzene rings is 1. The Morgan fingerprint density at radius 2 is 2.05 bits per heavy atom. The molecule has 0 aliphatic carbocycles. The smallest absolute Gasteiger partial charge is 0.315 e. The van der Waals surface area contributed by atoms with Crippen molar-refractivity contribution in [2.45, 2.75) is 49.9 Å². The molecule has 2 heterocycles. The highest BCUT2D eigenvalue weighted by Gasteiger charge is 2.42. The van der Waals surface area contributed by atoms with Gasteiger partial charge >= 0.3 is 6.03 Å². The molecule has 3 atom stereocenters. The minimum atomic E-state index is -0.291. The van der Waals surface area contributed by atoms with Crippen molar-refractivity contribution in [3.63, 3.8) is 0 Å². The Balaban J connectivity index is 1.21. The number of azide groups is 1. The second kappa shape index (κ2) is 14.9. The number of thioether (sulfide) groups is 1. The number of allylic oxidation sites excluding steroid dienone is 1. The van der Waals surface area contributed by atoms with Crippen LogP contribution >= 0.6 is 11.8 Å². The van der Waals surface area contributed by atoms with E-state index in [0.717, 1.165) is 25.0 Å². The van der Waals surface area contributed by atoms with Gasteiger partial charge in [-0.2, -0.15) is 11.8 Å². The zero-order chi connectivity index (χ0) is 27.3. The van der Waals surface area contributed by atoms with Crippen molar-refractivity contribution < 1.29 is 19.1 Å². The zero-order valence-electron chi connectivity index (χ0n) is 21.2. The summed E-state index contributed by atoms with van der Waals surface area (Å²) in [5.41, 5.74) is 10.4. The van der Waals surface area contributed by atoms with E-state index in [9.17, 15) is 14.4 Å². The van der Waals surface area contributed by atoms with Crippen LogP contribution in [0.5, 0.6) is 0 Å². The molecular formula is C25H32N8O4S. The molecule has 1 aromatic carbocycles. The monoisotopic (exact) mass is 540 g/mol. The predicted molar refractivity (Wildman–Crippen MR) is 146 cm³/mol. The Bertz CT molecular complexity index is 1140. The van der Waals surface area contributed by atoms with E-state index in [2.05, 4.69) is 36.1 Å². The largest absolute Gasteiger partial charge is 0.378 e. The molecule has 0 bridgehead atoms. The predicted octanol–water partition coefficient (Wildman–Crippen LogP) is 3.56. The van der Waals surface area contributed by atoms with E-state index in [1.165, 1.54) is 6.08 Å². The number of amides is 4. The number of hydrogen-bond acceptors (Lipinski definition) is 6. The molecule has 3 rings (SSSR count). The number of urea groups is 1. The summed E-state index contributed by atoms with van der Waals surface area (Å²) in [5, 5.41) is 15.4. The first-order chi connectivity index (χ1) is 18.4. The quantitative estimate of drug-likeness (QED) is 0.0539. The third-order valence-electron chi connectivity index (χ3n) is 6.25. The van der Waals surface area contributed by atoms with E-state index in [0.29, 0.717) is 49.1 Å². The normalized spacial score (nSPS) is 19.9. The summed E-state index contributed by atoms with van der Waals surface area (Å²) in [5.74, 6) is 0.639. The van der Waals surface area contributed by atoms with Gasteiger partial charge in [-0.1, -0.05) is 23.7 Å². The highest BCUT2D eigenvalue weighted by atomic mass is 32.2. The van der Waals surface area contributed by atoms with Crippen LogP contribution in [0.25, 0.3) is 20.9 Å². The van der Waals surface area contributed by atoms with Gasteiger partial charge in [0.05, 0.1) is 31.9 Å². The first-order valence-corrected chi connectivity index (χ1v) is 13.5. The number of nitrogens with one attached hydrogen (secondary N) is 4. The van der Waals surface area contributed by atoms with Crippen LogP contribution in [-0.2, 0) is 14.3 Å². The number of carbonyl (C=O) groups is 3. The minimum Gasteiger partial charge on any atom is -0.378 e. The van der Waals surface area contributed by atoms with Gasteiger partial charge in [0.25, 0.3) is 0 Å². The molecule has 0 saturated carbocycles. The lowest BCUT2D eigenvalue weighted by Gasteiger charge is -2.16. The van der Waals surface area contributed by atoms with Gasteiger partial charge in [0.15, 0.2) is 5.69 Å². The van der Waals surface area contributed by atoms with Crippen LogP contribution in [0.15, 0.2) is 29.4 Å². The summed E-state index contributed by atoms with van der Waals surface area (Å²) < 4.78 is 5.47. The Morgan fingerprint density at radius 1 is 1.26 bits per heavy atom. The number of rotatable bonds is 14. The first kappa shape index (κ1) is 28.8. The Morgan fingerprint density at radius 3 is 2.82 bits per heavy atom. The molecule has 2 aliphatic heterocycles. The maximum absolute atomic E-state index is 12.2. The van der Waals surface area contributed by atoms with Crippen molar-refractivity contribution in [3.8, 4) is 0 Å². The number of nitrogens with zero attached hydrogens (tertiary/aromatic N) is 4. The van der Waals surface area contributed by atoms with Crippen LogP contribution in [0.3, 0.4) is 0 Å². The average molecular weight is 541 g/mol. The molecule has 0 radical (unpaired) electrons. The Kier molecular flexibility index (Phi) is 11.3. The van der Waals surface area contributed by atoms with Crippen LogP contribution in [0, 0.1) is 6.57 Å². The first-order valence-electron chi connectivity index (χ1n) is 12.5. The maximum Gasteiger partial charge on any atom is 0.315 e. The molecule has 13 heteroatoms. The molecule has 2 aliphatic rings. The Hall–Kier alpha value is -3.72. The summed E-state index contributed by atoms with van der Waals surface area (Å²) >= 11 is 1.88. The summed E-state index contributed by atoms with van der Waals surface area (Å²) in [7, 11) is 0. The molecule has 4 N–H and O–H groups in total. The van der Waals surface area contributed by atoms with Crippen LogP contribution in [0.1, 0.15) is 38.2 Å². The molecule has 0 aromatic heterocycles. The summed E-state index contributed by atoms with van der Waals surface area (Å²) in [6.07, 6.45) is 4.62. The Labute approximate surface area is 225 Å². The summed E-state index contributed by atoms with van der Waals surface area (Å²) in [4.78, 5) is 41.7. The maximum atomic E-state index is 12.2. The van der Waals surface area contributed by atoms with E-state index >= 15 is 0 Å². The highest BCUT2D eigenvalue weighted by molar-refractivity contribution is 8.00. The zero-order valence-corrected chi connectivity index (χ0v) is 22.1. The lowest BCUT2D eigenvalue weighted by atomic mass is 10.0. The van der Waals surface area contributed by atoms with Crippen LogP contribution in [0.4, 0.5) is 16.2 Å². The molecule has 12 nitrogen and oxygen atoms in total. The standard InChI is InChI=1S/C25H32N8O4S/c1-16(17-7-8-18(32-33-26)19(14-17)27-2)13-23(35)29-10-12-37-11-9-28-22(34)6-4-3-5-21-24-20(15-38-21)30-25(36)31-24/h7-8,13-14,20-21,24H,3-6,9-12,15H2,1H3,(H,28,34)(H,29,35)(H2,30,31,36)/b16-13+/t20-,21-,24-/m0/s1. The number of ether oxygens (including phenoxy) is 1.